The number of piperidine rings is 1. The number of methoxy groups -OCH3 is 1. The van der Waals surface area contributed by atoms with Crippen molar-refractivity contribution in [2.24, 2.45) is 5.92 Å². The SMILES string of the molecule is COc1ccc(C(=O)C2CCCN(Cc3ccc(Cl)cc3)C2)cc1. The number of Topliss-reactive ketones (excluding diaryl/α,β-unsaturated/α-hetero) is 1. The Kier molecular flexibility index (Phi) is 5.54. The Balaban J connectivity index is 1.63. The summed E-state index contributed by atoms with van der Waals surface area (Å²) < 4.78 is 5.16. The van der Waals surface area contributed by atoms with Gasteiger partial charge in [0.25, 0.3) is 0 Å². The fraction of sp³-hybridized carbons (Fsp3) is 0.350. The molecule has 1 unspecified atom stereocenters. The van der Waals surface area contributed by atoms with Crippen molar-refractivity contribution >= 4 is 17.4 Å². The molecule has 2 aromatic carbocycles. The summed E-state index contributed by atoms with van der Waals surface area (Å²) in [4.78, 5) is 15.1. The summed E-state index contributed by atoms with van der Waals surface area (Å²) in [6.45, 7) is 2.71. The lowest BCUT2D eigenvalue weighted by Crippen LogP contribution is -2.38. The highest BCUT2D eigenvalue weighted by atomic mass is 35.5. The van der Waals surface area contributed by atoms with Gasteiger partial charge in [-0.3, -0.25) is 9.69 Å². The molecule has 0 saturated carbocycles. The van der Waals surface area contributed by atoms with Gasteiger partial charge in [0.2, 0.25) is 0 Å². The topological polar surface area (TPSA) is 29.5 Å². The highest BCUT2D eigenvalue weighted by Crippen LogP contribution is 2.23. The molecule has 0 radical (unpaired) electrons. The maximum atomic E-state index is 12.8. The predicted molar refractivity (Wildman–Crippen MR) is 96.8 cm³/mol. The molecule has 0 aromatic heterocycles. The Morgan fingerprint density at radius 3 is 2.54 bits per heavy atom. The molecule has 0 spiro atoms. The minimum Gasteiger partial charge on any atom is -0.497 e. The minimum atomic E-state index is 0.0689. The van der Waals surface area contributed by atoms with Gasteiger partial charge in [-0.05, 0) is 61.3 Å². The van der Waals surface area contributed by atoms with Crippen LogP contribution in [0.3, 0.4) is 0 Å². The normalized spacial score (nSPS) is 18.3. The van der Waals surface area contributed by atoms with Gasteiger partial charge in [0.1, 0.15) is 5.75 Å². The molecule has 0 N–H and O–H groups in total. The molecule has 24 heavy (non-hydrogen) atoms. The van der Waals surface area contributed by atoms with E-state index in [0.29, 0.717) is 0 Å². The maximum absolute atomic E-state index is 12.8. The molecule has 0 amide bonds. The van der Waals surface area contributed by atoms with Gasteiger partial charge >= 0.3 is 0 Å². The van der Waals surface area contributed by atoms with Crippen LogP contribution in [0.2, 0.25) is 5.02 Å². The summed E-state index contributed by atoms with van der Waals surface area (Å²) in [5.41, 5.74) is 2.01. The number of rotatable bonds is 5. The van der Waals surface area contributed by atoms with E-state index >= 15 is 0 Å². The van der Waals surface area contributed by atoms with E-state index in [0.717, 1.165) is 48.8 Å². The number of ketones is 1. The summed E-state index contributed by atoms with van der Waals surface area (Å²) in [5, 5.41) is 0.755. The highest BCUT2D eigenvalue weighted by molar-refractivity contribution is 6.30. The molecule has 3 rings (SSSR count). The number of carbonyl (C=O) groups excluding carboxylic acids is 1. The van der Waals surface area contributed by atoms with Crippen molar-refractivity contribution in [2.75, 3.05) is 20.2 Å². The second kappa shape index (κ2) is 7.82. The zero-order valence-corrected chi connectivity index (χ0v) is 14.6. The van der Waals surface area contributed by atoms with E-state index in [1.807, 2.05) is 36.4 Å². The second-order valence-electron chi connectivity index (χ2n) is 6.29. The van der Waals surface area contributed by atoms with Crippen LogP contribution >= 0.6 is 11.6 Å². The van der Waals surface area contributed by atoms with E-state index in [1.165, 1.54) is 5.56 Å². The number of hydrogen-bond acceptors (Lipinski definition) is 3. The van der Waals surface area contributed by atoms with Crippen LogP contribution in [0.4, 0.5) is 0 Å². The largest absolute Gasteiger partial charge is 0.497 e. The van der Waals surface area contributed by atoms with Gasteiger partial charge in [-0.15, -0.1) is 0 Å². The first-order valence-electron chi connectivity index (χ1n) is 8.31. The van der Waals surface area contributed by atoms with Gasteiger partial charge in [-0.2, -0.15) is 0 Å². The second-order valence-corrected chi connectivity index (χ2v) is 6.73. The molecular weight excluding hydrogens is 322 g/mol. The van der Waals surface area contributed by atoms with Crippen molar-refractivity contribution in [1.82, 2.24) is 4.90 Å². The van der Waals surface area contributed by atoms with Gasteiger partial charge < -0.3 is 4.74 Å². The van der Waals surface area contributed by atoms with Crippen LogP contribution in [0.15, 0.2) is 48.5 Å². The first kappa shape index (κ1) is 17.0. The molecule has 1 saturated heterocycles. The molecule has 1 aliphatic rings. The lowest BCUT2D eigenvalue weighted by molar-refractivity contribution is 0.0811. The monoisotopic (exact) mass is 343 g/mol. The Morgan fingerprint density at radius 2 is 1.88 bits per heavy atom. The fourth-order valence-electron chi connectivity index (χ4n) is 3.25. The fourth-order valence-corrected chi connectivity index (χ4v) is 3.38. The molecule has 1 aliphatic heterocycles. The van der Waals surface area contributed by atoms with Crippen molar-refractivity contribution in [2.45, 2.75) is 19.4 Å². The number of halogens is 1. The molecule has 0 bridgehead atoms. The molecule has 1 atom stereocenters. The quantitative estimate of drug-likeness (QED) is 0.751. The van der Waals surface area contributed by atoms with E-state index in [-0.39, 0.29) is 11.7 Å². The first-order valence-corrected chi connectivity index (χ1v) is 8.68. The number of hydrogen-bond donors (Lipinski definition) is 0. The summed E-state index contributed by atoms with van der Waals surface area (Å²) in [5.74, 6) is 1.08. The lowest BCUT2D eigenvalue weighted by Gasteiger charge is -2.32. The van der Waals surface area contributed by atoms with E-state index in [1.54, 1.807) is 7.11 Å². The van der Waals surface area contributed by atoms with E-state index in [4.69, 9.17) is 16.3 Å². The molecule has 1 heterocycles. The van der Waals surface area contributed by atoms with E-state index < -0.39 is 0 Å². The first-order chi connectivity index (χ1) is 11.7. The third-order valence-electron chi connectivity index (χ3n) is 4.57. The smallest absolute Gasteiger partial charge is 0.167 e. The summed E-state index contributed by atoms with van der Waals surface area (Å²) in [6.07, 6.45) is 2.02. The van der Waals surface area contributed by atoms with Gasteiger partial charge in [-0.25, -0.2) is 0 Å². The van der Waals surface area contributed by atoms with E-state index in [2.05, 4.69) is 17.0 Å². The van der Waals surface area contributed by atoms with Crippen molar-refractivity contribution in [3.63, 3.8) is 0 Å². The van der Waals surface area contributed by atoms with Crippen LogP contribution in [0.25, 0.3) is 0 Å². The number of carbonyl (C=O) groups is 1. The number of nitrogens with zero attached hydrogens (tertiary/aromatic N) is 1. The Hall–Kier alpha value is -1.84. The van der Waals surface area contributed by atoms with Gasteiger partial charge in [0, 0.05) is 29.6 Å². The van der Waals surface area contributed by atoms with Gasteiger partial charge in [-0.1, -0.05) is 23.7 Å². The van der Waals surface area contributed by atoms with Gasteiger partial charge in [0.05, 0.1) is 7.11 Å². The van der Waals surface area contributed by atoms with Crippen LogP contribution in [0.5, 0.6) is 5.75 Å². The minimum absolute atomic E-state index is 0.0689. The van der Waals surface area contributed by atoms with Crippen LogP contribution in [-0.4, -0.2) is 30.9 Å². The van der Waals surface area contributed by atoms with Crippen molar-refractivity contribution in [3.8, 4) is 5.75 Å². The molecule has 2 aromatic rings. The number of benzene rings is 2. The summed E-state index contributed by atoms with van der Waals surface area (Å²) >= 11 is 5.94. The van der Waals surface area contributed by atoms with Gasteiger partial charge in [0.15, 0.2) is 5.78 Å². The number of likely N-dealkylation sites (tertiary alicyclic amines) is 1. The van der Waals surface area contributed by atoms with E-state index in [9.17, 15) is 4.79 Å². The maximum Gasteiger partial charge on any atom is 0.167 e. The standard InChI is InChI=1S/C20H22ClNO2/c1-24-19-10-6-16(7-11-19)20(23)17-3-2-12-22(14-17)13-15-4-8-18(21)9-5-15/h4-11,17H,2-3,12-14H2,1H3. The van der Waals surface area contributed by atoms with Crippen molar-refractivity contribution in [3.05, 3.63) is 64.7 Å². The molecule has 0 aliphatic carbocycles. The van der Waals surface area contributed by atoms with Crippen LogP contribution in [0.1, 0.15) is 28.8 Å². The third-order valence-corrected chi connectivity index (χ3v) is 4.82. The van der Waals surface area contributed by atoms with Crippen molar-refractivity contribution < 1.29 is 9.53 Å². The zero-order valence-electron chi connectivity index (χ0n) is 13.9. The lowest BCUT2D eigenvalue weighted by atomic mass is 9.90. The summed E-state index contributed by atoms with van der Waals surface area (Å²) in [7, 11) is 1.63. The zero-order chi connectivity index (χ0) is 16.9. The van der Waals surface area contributed by atoms with Crippen LogP contribution < -0.4 is 4.74 Å². The molecule has 1 fully saturated rings. The highest BCUT2D eigenvalue weighted by Gasteiger charge is 2.26. The van der Waals surface area contributed by atoms with Crippen LogP contribution in [0, 0.1) is 5.92 Å². The molecule has 4 heteroatoms. The molecule has 126 valence electrons. The average molecular weight is 344 g/mol. The predicted octanol–water partition coefficient (Wildman–Crippen LogP) is 4.44. The third kappa shape index (κ3) is 4.16. The Bertz CT molecular complexity index is 682. The molecule has 3 nitrogen and oxygen atoms in total. The summed E-state index contributed by atoms with van der Waals surface area (Å²) in [6, 6.07) is 15.4. The van der Waals surface area contributed by atoms with Crippen molar-refractivity contribution in [1.29, 1.82) is 0 Å². The Morgan fingerprint density at radius 1 is 1.17 bits per heavy atom. The number of ether oxygens (including phenoxy) is 1. The molecular formula is C20H22ClNO2. The average Bonchev–Trinajstić information content (AvgIpc) is 2.63. The van der Waals surface area contributed by atoms with Crippen LogP contribution in [-0.2, 0) is 6.54 Å². The Labute approximate surface area is 148 Å².